The lowest BCUT2D eigenvalue weighted by Crippen LogP contribution is -2.22. The zero-order valence-electron chi connectivity index (χ0n) is 14.2. The zero-order valence-corrected chi connectivity index (χ0v) is 15.0. The normalized spacial score (nSPS) is 11.5. The van der Waals surface area contributed by atoms with Gasteiger partial charge in [-0.3, -0.25) is 4.90 Å². The molecule has 3 rings (SSSR count). The molecule has 2 heterocycles. The van der Waals surface area contributed by atoms with Crippen molar-refractivity contribution >= 4 is 12.2 Å². The number of rotatable bonds is 6. The second-order valence-electron chi connectivity index (χ2n) is 6.20. The molecule has 0 aliphatic rings. The van der Waals surface area contributed by atoms with E-state index in [1.807, 2.05) is 50.5 Å². The molecule has 0 aliphatic carbocycles. The standard InChI is InChI=1S/C17H22N6S/c1-14(2)21-12-19-23(17(21)24)13-20(3)10-15-9-18-22(11-15)16-7-5-4-6-8-16/h4-9,11-12,14H,10,13H2,1-3H3. The quantitative estimate of drug-likeness (QED) is 0.645. The fraction of sp³-hybridized carbons (Fsp3) is 0.353. The highest BCUT2D eigenvalue weighted by molar-refractivity contribution is 7.71. The van der Waals surface area contributed by atoms with E-state index in [1.54, 1.807) is 6.33 Å². The summed E-state index contributed by atoms with van der Waals surface area (Å²) in [6.07, 6.45) is 5.75. The first kappa shape index (κ1) is 16.6. The van der Waals surface area contributed by atoms with E-state index in [-0.39, 0.29) is 0 Å². The van der Waals surface area contributed by atoms with Gasteiger partial charge in [-0.05, 0) is 45.2 Å². The minimum atomic E-state index is 0.320. The number of hydrogen-bond donors (Lipinski definition) is 0. The molecular formula is C17H22N6S. The molecule has 6 nitrogen and oxygen atoms in total. The Balaban J connectivity index is 1.66. The topological polar surface area (TPSA) is 43.8 Å². The van der Waals surface area contributed by atoms with Crippen molar-refractivity contribution in [2.24, 2.45) is 0 Å². The molecule has 0 saturated heterocycles. The Morgan fingerprint density at radius 3 is 2.58 bits per heavy atom. The van der Waals surface area contributed by atoms with E-state index in [1.165, 1.54) is 0 Å². The summed E-state index contributed by atoms with van der Waals surface area (Å²) in [4.78, 5) is 2.17. The molecule has 0 spiro atoms. The van der Waals surface area contributed by atoms with E-state index in [0.717, 1.165) is 22.6 Å². The van der Waals surface area contributed by atoms with Crippen LogP contribution in [0.3, 0.4) is 0 Å². The van der Waals surface area contributed by atoms with Gasteiger partial charge in [0.25, 0.3) is 0 Å². The third kappa shape index (κ3) is 3.63. The summed E-state index contributed by atoms with van der Waals surface area (Å²) in [5.41, 5.74) is 2.21. The van der Waals surface area contributed by atoms with Gasteiger partial charge in [0, 0.05) is 24.3 Å². The van der Waals surface area contributed by atoms with E-state index in [4.69, 9.17) is 12.2 Å². The smallest absolute Gasteiger partial charge is 0.199 e. The molecule has 2 aromatic heterocycles. The predicted octanol–water partition coefficient (Wildman–Crippen LogP) is 3.27. The van der Waals surface area contributed by atoms with Crippen LogP contribution < -0.4 is 0 Å². The van der Waals surface area contributed by atoms with Gasteiger partial charge in [-0.25, -0.2) is 9.36 Å². The average molecular weight is 342 g/mol. The van der Waals surface area contributed by atoms with Gasteiger partial charge < -0.3 is 4.57 Å². The number of benzene rings is 1. The van der Waals surface area contributed by atoms with Gasteiger partial charge in [0.05, 0.1) is 18.6 Å². The van der Waals surface area contributed by atoms with Gasteiger partial charge >= 0.3 is 0 Å². The molecule has 0 fully saturated rings. The fourth-order valence-electron chi connectivity index (χ4n) is 2.56. The van der Waals surface area contributed by atoms with Crippen molar-refractivity contribution in [2.75, 3.05) is 7.05 Å². The summed E-state index contributed by atoms with van der Waals surface area (Å²) in [6, 6.07) is 10.4. The summed E-state index contributed by atoms with van der Waals surface area (Å²) in [6.45, 7) is 5.63. The number of para-hydroxylation sites is 1. The van der Waals surface area contributed by atoms with Crippen LogP contribution in [0.25, 0.3) is 5.69 Å². The number of nitrogens with zero attached hydrogens (tertiary/aromatic N) is 6. The van der Waals surface area contributed by atoms with Gasteiger partial charge in [0.15, 0.2) is 4.77 Å². The van der Waals surface area contributed by atoms with Crippen LogP contribution in [0.1, 0.15) is 25.5 Å². The Morgan fingerprint density at radius 1 is 1.17 bits per heavy atom. The predicted molar refractivity (Wildman–Crippen MR) is 96.5 cm³/mol. The van der Waals surface area contributed by atoms with Crippen LogP contribution in [0.5, 0.6) is 0 Å². The zero-order chi connectivity index (χ0) is 17.1. The highest BCUT2D eigenvalue weighted by Gasteiger charge is 2.09. The van der Waals surface area contributed by atoms with Crippen LogP contribution in [-0.2, 0) is 13.2 Å². The number of hydrogen-bond acceptors (Lipinski definition) is 4. The molecular weight excluding hydrogens is 320 g/mol. The third-order valence-corrected chi connectivity index (χ3v) is 4.22. The van der Waals surface area contributed by atoms with Gasteiger partial charge in [-0.1, -0.05) is 18.2 Å². The molecule has 0 bridgehead atoms. The molecule has 0 atom stereocenters. The Hall–Kier alpha value is -2.25. The second-order valence-corrected chi connectivity index (χ2v) is 6.56. The molecule has 1 aromatic carbocycles. The maximum Gasteiger partial charge on any atom is 0.199 e. The first-order valence-electron chi connectivity index (χ1n) is 7.96. The molecule has 7 heteroatoms. The highest BCUT2D eigenvalue weighted by Crippen LogP contribution is 2.10. The minimum Gasteiger partial charge on any atom is -0.304 e. The lowest BCUT2D eigenvalue weighted by atomic mass is 10.3. The van der Waals surface area contributed by atoms with Crippen molar-refractivity contribution in [3.05, 3.63) is 59.4 Å². The Kier molecular flexibility index (Phi) is 4.92. The summed E-state index contributed by atoms with van der Waals surface area (Å²) >= 11 is 5.47. The second kappa shape index (κ2) is 7.11. The van der Waals surface area contributed by atoms with Gasteiger partial charge in [0.2, 0.25) is 0 Å². The van der Waals surface area contributed by atoms with Gasteiger partial charge in [0.1, 0.15) is 6.33 Å². The SMILES string of the molecule is CC(C)n1cnn(CN(C)Cc2cnn(-c3ccccc3)c2)c1=S. The van der Waals surface area contributed by atoms with E-state index in [2.05, 4.69) is 42.2 Å². The molecule has 3 aromatic rings. The van der Waals surface area contributed by atoms with E-state index < -0.39 is 0 Å². The maximum absolute atomic E-state index is 5.47. The number of aromatic nitrogens is 5. The van der Waals surface area contributed by atoms with Crippen molar-refractivity contribution in [3.8, 4) is 5.69 Å². The van der Waals surface area contributed by atoms with Crippen molar-refractivity contribution in [1.82, 2.24) is 29.0 Å². The van der Waals surface area contributed by atoms with Gasteiger partial charge in [-0.15, -0.1) is 0 Å². The van der Waals surface area contributed by atoms with Crippen LogP contribution in [0, 0.1) is 4.77 Å². The summed E-state index contributed by atoms with van der Waals surface area (Å²) in [7, 11) is 2.05. The van der Waals surface area contributed by atoms with Crippen molar-refractivity contribution in [1.29, 1.82) is 0 Å². The van der Waals surface area contributed by atoms with Crippen LogP contribution in [-0.4, -0.2) is 36.1 Å². The summed E-state index contributed by atoms with van der Waals surface area (Å²) in [5.74, 6) is 0. The Morgan fingerprint density at radius 2 is 1.92 bits per heavy atom. The first-order chi connectivity index (χ1) is 11.5. The van der Waals surface area contributed by atoms with Crippen LogP contribution in [0.15, 0.2) is 49.1 Å². The molecule has 24 heavy (non-hydrogen) atoms. The van der Waals surface area contributed by atoms with E-state index in [9.17, 15) is 0 Å². The fourth-order valence-corrected chi connectivity index (χ4v) is 2.92. The Bertz CT molecular complexity index is 845. The Labute approximate surface area is 146 Å². The molecule has 0 radical (unpaired) electrons. The maximum atomic E-state index is 5.47. The van der Waals surface area contributed by atoms with Crippen LogP contribution in [0.4, 0.5) is 0 Å². The van der Waals surface area contributed by atoms with Crippen molar-refractivity contribution in [2.45, 2.75) is 33.1 Å². The van der Waals surface area contributed by atoms with E-state index in [0.29, 0.717) is 12.7 Å². The summed E-state index contributed by atoms with van der Waals surface area (Å²) < 4.78 is 6.48. The van der Waals surface area contributed by atoms with Crippen molar-refractivity contribution < 1.29 is 0 Å². The molecule has 0 N–H and O–H groups in total. The highest BCUT2D eigenvalue weighted by atomic mass is 32.1. The summed E-state index contributed by atoms with van der Waals surface area (Å²) in [5, 5.41) is 8.82. The minimum absolute atomic E-state index is 0.320. The lowest BCUT2D eigenvalue weighted by Gasteiger charge is -2.15. The molecule has 0 unspecified atom stereocenters. The molecule has 0 saturated carbocycles. The van der Waals surface area contributed by atoms with Gasteiger partial charge in [-0.2, -0.15) is 10.2 Å². The largest absolute Gasteiger partial charge is 0.304 e. The monoisotopic (exact) mass is 342 g/mol. The molecule has 0 amide bonds. The van der Waals surface area contributed by atoms with Crippen LogP contribution in [0.2, 0.25) is 0 Å². The van der Waals surface area contributed by atoms with Crippen molar-refractivity contribution in [3.63, 3.8) is 0 Å². The molecule has 0 aliphatic heterocycles. The third-order valence-electron chi connectivity index (χ3n) is 3.80. The van der Waals surface area contributed by atoms with Crippen LogP contribution >= 0.6 is 12.2 Å². The first-order valence-corrected chi connectivity index (χ1v) is 8.37. The molecule has 126 valence electrons. The van der Waals surface area contributed by atoms with E-state index >= 15 is 0 Å². The lowest BCUT2D eigenvalue weighted by molar-refractivity contribution is 0.243. The average Bonchev–Trinajstić information content (AvgIpc) is 3.16.